The summed E-state index contributed by atoms with van der Waals surface area (Å²) in [5, 5.41) is 6.23. The van der Waals surface area contributed by atoms with Crippen LogP contribution >= 0.6 is 11.3 Å². The lowest BCUT2D eigenvalue weighted by Crippen LogP contribution is -2.34. The van der Waals surface area contributed by atoms with Gasteiger partial charge in [-0.25, -0.2) is 4.68 Å². The van der Waals surface area contributed by atoms with E-state index < -0.39 is 0 Å². The van der Waals surface area contributed by atoms with Gasteiger partial charge in [-0.15, -0.1) is 11.3 Å². The summed E-state index contributed by atoms with van der Waals surface area (Å²) in [4.78, 5) is 19.0. The lowest BCUT2D eigenvalue weighted by molar-refractivity contribution is 0.422. The molecule has 6 rings (SSSR count). The van der Waals surface area contributed by atoms with Crippen LogP contribution in [-0.2, 0) is 6.54 Å². The minimum Gasteiger partial charge on any atom is -0.334 e. The molecule has 0 unspecified atom stereocenters. The van der Waals surface area contributed by atoms with Crippen molar-refractivity contribution in [1.29, 1.82) is 0 Å². The summed E-state index contributed by atoms with van der Waals surface area (Å²) in [6.07, 6.45) is 2.22. The minimum absolute atomic E-state index is 0.0778. The average Bonchev–Trinajstić information content (AvgIpc) is 3.26. The number of nitrogens with zero attached hydrogens (tertiary/aromatic N) is 3. The molecule has 1 saturated carbocycles. The van der Waals surface area contributed by atoms with Crippen LogP contribution in [0.2, 0.25) is 0 Å². The summed E-state index contributed by atoms with van der Waals surface area (Å²) >= 11 is 1.62. The molecule has 0 radical (unpaired) electrons. The number of aromatic nitrogens is 3. The lowest BCUT2D eigenvalue weighted by Gasteiger charge is -2.23. The molecule has 1 aliphatic carbocycles. The van der Waals surface area contributed by atoms with Crippen molar-refractivity contribution < 1.29 is 4.52 Å². The molecule has 0 spiro atoms. The van der Waals surface area contributed by atoms with Gasteiger partial charge in [0.1, 0.15) is 0 Å². The van der Waals surface area contributed by atoms with Gasteiger partial charge in [0.2, 0.25) is 0 Å². The van der Waals surface area contributed by atoms with Gasteiger partial charge in [0.25, 0.3) is 11.4 Å². The summed E-state index contributed by atoms with van der Waals surface area (Å²) in [5.74, 6) is 1.63. The van der Waals surface area contributed by atoms with Crippen molar-refractivity contribution in [2.24, 2.45) is 0 Å². The van der Waals surface area contributed by atoms with Crippen LogP contribution in [-0.4, -0.2) is 14.8 Å². The normalized spacial score (nSPS) is 15.0. The second-order valence-electron chi connectivity index (χ2n) is 7.17. The molecule has 2 aliphatic rings. The molecule has 7 heteroatoms. The van der Waals surface area contributed by atoms with E-state index in [-0.39, 0.29) is 5.56 Å². The Morgan fingerprint density at radius 2 is 2.00 bits per heavy atom. The summed E-state index contributed by atoms with van der Waals surface area (Å²) in [6.45, 7) is 0.612. The average molecular weight is 388 g/mol. The van der Waals surface area contributed by atoms with Gasteiger partial charge in [-0.1, -0.05) is 35.5 Å². The lowest BCUT2D eigenvalue weighted by atomic mass is 10.0. The van der Waals surface area contributed by atoms with E-state index in [1.165, 1.54) is 5.56 Å². The van der Waals surface area contributed by atoms with Crippen LogP contribution in [0.4, 0.5) is 0 Å². The maximum absolute atomic E-state index is 13.3. The molecule has 0 bridgehead atoms. The number of pyridine rings is 1. The van der Waals surface area contributed by atoms with Gasteiger partial charge >= 0.3 is 0 Å². The topological polar surface area (TPSA) is 73.0 Å². The van der Waals surface area contributed by atoms with Gasteiger partial charge in [0.05, 0.1) is 22.7 Å². The third kappa shape index (κ3) is 2.36. The van der Waals surface area contributed by atoms with Gasteiger partial charge in [-0.3, -0.25) is 4.79 Å². The fourth-order valence-electron chi connectivity index (χ4n) is 3.68. The highest BCUT2D eigenvalue weighted by atomic mass is 32.1. The molecule has 6 nitrogen and oxygen atoms in total. The zero-order chi connectivity index (χ0) is 18.7. The third-order valence-electron chi connectivity index (χ3n) is 5.29. The Bertz CT molecular complexity index is 1250. The second kappa shape index (κ2) is 5.90. The Morgan fingerprint density at radius 1 is 1.14 bits per heavy atom. The molecule has 0 saturated heterocycles. The van der Waals surface area contributed by atoms with Gasteiger partial charge < -0.3 is 9.95 Å². The highest BCUT2D eigenvalue weighted by molar-refractivity contribution is 7.13. The Kier molecular flexibility index (Phi) is 3.34. The van der Waals surface area contributed by atoms with Crippen LogP contribution < -0.4 is 11.0 Å². The first-order valence-corrected chi connectivity index (χ1v) is 10.2. The molecule has 1 aromatic carbocycles. The Morgan fingerprint density at radius 3 is 2.82 bits per heavy atom. The van der Waals surface area contributed by atoms with E-state index in [0.717, 1.165) is 40.4 Å². The number of fused-ring (bicyclic) bond motifs is 3. The van der Waals surface area contributed by atoms with Crippen molar-refractivity contribution in [2.75, 3.05) is 5.43 Å². The van der Waals surface area contributed by atoms with Gasteiger partial charge in [0, 0.05) is 11.5 Å². The zero-order valence-electron chi connectivity index (χ0n) is 14.9. The van der Waals surface area contributed by atoms with Crippen molar-refractivity contribution in [3.8, 4) is 33.2 Å². The molecule has 4 heterocycles. The summed E-state index contributed by atoms with van der Waals surface area (Å²) < 4.78 is 7.28. The second-order valence-corrected chi connectivity index (χ2v) is 8.08. The Labute approximate surface area is 164 Å². The van der Waals surface area contributed by atoms with Crippen LogP contribution in [0.15, 0.2) is 57.2 Å². The van der Waals surface area contributed by atoms with Crippen LogP contribution in [0, 0.1) is 0 Å². The molecule has 138 valence electrons. The third-order valence-corrected chi connectivity index (χ3v) is 6.25. The molecule has 0 amide bonds. The van der Waals surface area contributed by atoms with Crippen LogP contribution in [0.25, 0.3) is 33.2 Å². The highest BCUT2D eigenvalue weighted by Gasteiger charge is 2.31. The molecule has 1 fully saturated rings. The minimum atomic E-state index is -0.0778. The van der Waals surface area contributed by atoms with E-state index in [1.807, 2.05) is 41.8 Å². The maximum Gasteiger partial charge on any atom is 0.277 e. The van der Waals surface area contributed by atoms with E-state index in [2.05, 4.69) is 21.6 Å². The summed E-state index contributed by atoms with van der Waals surface area (Å²) in [5.41, 5.74) is 7.40. The van der Waals surface area contributed by atoms with Gasteiger partial charge in [-0.2, -0.15) is 4.98 Å². The molecule has 28 heavy (non-hydrogen) atoms. The largest absolute Gasteiger partial charge is 0.334 e. The monoisotopic (exact) mass is 388 g/mol. The number of thiophene rings is 1. The smallest absolute Gasteiger partial charge is 0.277 e. The number of hydrogen-bond donors (Lipinski definition) is 1. The molecule has 4 aromatic rings. The molecule has 0 atom stereocenters. The van der Waals surface area contributed by atoms with Crippen LogP contribution in [0.3, 0.4) is 0 Å². The SMILES string of the molecule is O=c1c(-c2ccccc2)cc(-c2nc(C3CC3)no2)c2n1NCc1ccsc1-2. The van der Waals surface area contributed by atoms with E-state index in [1.54, 1.807) is 16.0 Å². The first kappa shape index (κ1) is 15.8. The summed E-state index contributed by atoms with van der Waals surface area (Å²) in [6, 6.07) is 13.7. The quantitative estimate of drug-likeness (QED) is 0.569. The zero-order valence-corrected chi connectivity index (χ0v) is 15.7. The van der Waals surface area contributed by atoms with Crippen LogP contribution in [0.1, 0.15) is 30.1 Å². The van der Waals surface area contributed by atoms with Crippen molar-refractivity contribution in [1.82, 2.24) is 14.8 Å². The number of benzene rings is 1. The first-order valence-electron chi connectivity index (χ1n) is 9.29. The molecular formula is C21H16N4O2S. The number of rotatable bonds is 3. The molecule has 1 N–H and O–H groups in total. The predicted octanol–water partition coefficient (Wildman–Crippen LogP) is 4.23. The Balaban J connectivity index is 1.64. The van der Waals surface area contributed by atoms with Crippen molar-refractivity contribution in [3.05, 3.63) is 69.6 Å². The van der Waals surface area contributed by atoms with Gasteiger partial charge in [0.15, 0.2) is 5.82 Å². The van der Waals surface area contributed by atoms with Crippen molar-refractivity contribution in [2.45, 2.75) is 25.3 Å². The van der Waals surface area contributed by atoms with Crippen LogP contribution in [0.5, 0.6) is 0 Å². The van der Waals surface area contributed by atoms with Gasteiger partial charge in [-0.05, 0) is 41.5 Å². The standard InChI is InChI=1S/C21H16N4O2S/c26-21-15(12-4-2-1-3-5-12)10-16(20-23-19(24-27-20)13-6-7-13)17-18-14(8-9-28-18)11-22-25(17)21/h1-5,8-10,13,22H,6-7,11H2. The van der Waals surface area contributed by atoms with E-state index in [4.69, 9.17) is 4.52 Å². The van der Waals surface area contributed by atoms with E-state index in [9.17, 15) is 4.79 Å². The number of nitrogens with one attached hydrogen (secondary N) is 1. The first-order chi connectivity index (χ1) is 13.8. The van der Waals surface area contributed by atoms with Crippen molar-refractivity contribution >= 4 is 11.3 Å². The van der Waals surface area contributed by atoms with E-state index in [0.29, 0.717) is 23.9 Å². The number of hydrogen-bond acceptors (Lipinski definition) is 6. The van der Waals surface area contributed by atoms with Crippen molar-refractivity contribution in [3.63, 3.8) is 0 Å². The fourth-order valence-corrected chi connectivity index (χ4v) is 4.65. The predicted molar refractivity (Wildman–Crippen MR) is 108 cm³/mol. The molecule has 1 aliphatic heterocycles. The molecule has 3 aromatic heterocycles. The van der Waals surface area contributed by atoms with E-state index >= 15 is 0 Å². The molecular weight excluding hydrogens is 372 g/mol. The summed E-state index contributed by atoms with van der Waals surface area (Å²) in [7, 11) is 0. The fraction of sp³-hybridized carbons (Fsp3) is 0.190. The maximum atomic E-state index is 13.3. The Hall–Kier alpha value is -3.19. The highest BCUT2D eigenvalue weighted by Crippen LogP contribution is 2.42.